The minimum atomic E-state index is -0.945. The van der Waals surface area contributed by atoms with Crippen molar-refractivity contribution in [3.05, 3.63) is 21.6 Å². The van der Waals surface area contributed by atoms with Crippen molar-refractivity contribution in [2.45, 2.75) is 58.4 Å². The maximum Gasteiger partial charge on any atom is 0.305 e. The third-order valence-electron chi connectivity index (χ3n) is 5.37. The molecule has 1 aromatic rings. The van der Waals surface area contributed by atoms with E-state index in [1.807, 2.05) is 18.7 Å². The molecule has 0 aromatic carbocycles. The van der Waals surface area contributed by atoms with Crippen molar-refractivity contribution >= 4 is 17.8 Å². The number of anilines is 1. The summed E-state index contributed by atoms with van der Waals surface area (Å²) < 4.78 is 5.31. The van der Waals surface area contributed by atoms with Crippen molar-refractivity contribution in [2.75, 3.05) is 31.2 Å². The van der Waals surface area contributed by atoms with Crippen LogP contribution in [0.15, 0.2) is 4.79 Å². The van der Waals surface area contributed by atoms with Crippen LogP contribution in [0, 0.1) is 6.92 Å². The zero-order valence-corrected chi connectivity index (χ0v) is 16.8. The Labute approximate surface area is 164 Å². The zero-order valence-electron chi connectivity index (χ0n) is 16.8. The summed E-state index contributed by atoms with van der Waals surface area (Å²) in [5.41, 5.74) is 0.0670. The number of hydrogen-bond acceptors (Lipinski definition) is 6. The van der Waals surface area contributed by atoms with Gasteiger partial charge in [-0.2, -0.15) is 0 Å². The molecule has 2 rings (SSSR count). The van der Waals surface area contributed by atoms with Gasteiger partial charge in [0.15, 0.2) is 0 Å². The lowest BCUT2D eigenvalue weighted by atomic mass is 9.88. The number of carbonyl (C=O) groups is 2. The summed E-state index contributed by atoms with van der Waals surface area (Å²) in [6.07, 6.45) is 1.28. The second-order valence-corrected chi connectivity index (χ2v) is 7.16. The minimum absolute atomic E-state index is 0.101. The Morgan fingerprint density at radius 3 is 2.46 bits per heavy atom. The van der Waals surface area contributed by atoms with Gasteiger partial charge >= 0.3 is 5.97 Å². The number of ether oxygens (including phenoxy) is 1. The first kappa shape index (κ1) is 21.9. The lowest BCUT2D eigenvalue weighted by molar-refractivity contribution is -0.139. The van der Waals surface area contributed by atoms with Crippen LogP contribution in [0.1, 0.15) is 50.8 Å². The molecule has 0 radical (unpaired) electrons. The Morgan fingerprint density at radius 2 is 1.93 bits per heavy atom. The number of nitrogens with zero attached hydrogens (tertiary/aromatic N) is 2. The van der Waals surface area contributed by atoms with E-state index in [1.54, 1.807) is 6.92 Å². The number of carbonyl (C=O) groups excluding carboxylic acids is 1. The van der Waals surface area contributed by atoms with E-state index in [2.05, 4.69) is 15.3 Å². The molecule has 0 atom stereocenters. The molecule has 3 N–H and O–H groups in total. The van der Waals surface area contributed by atoms with Crippen molar-refractivity contribution in [1.29, 1.82) is 0 Å². The Kier molecular flexibility index (Phi) is 7.56. The molecule has 9 nitrogen and oxygen atoms in total. The fourth-order valence-corrected chi connectivity index (χ4v) is 3.42. The van der Waals surface area contributed by atoms with Crippen LogP contribution in [0.25, 0.3) is 0 Å². The number of carboxylic acid groups (broad SMARTS) is 1. The number of carboxylic acids is 1. The van der Waals surface area contributed by atoms with Crippen LogP contribution in [0.4, 0.5) is 5.95 Å². The smallest absolute Gasteiger partial charge is 0.305 e. The first-order chi connectivity index (χ1) is 13.3. The summed E-state index contributed by atoms with van der Waals surface area (Å²) in [5, 5.41) is 12.0. The SMILES string of the molecule is CCC(CC)(CC(=O)O)NC(=O)CCc1c(C)nc(N2CCOCC2)[nH]c1=O. The van der Waals surface area contributed by atoms with Crippen LogP contribution in [0.2, 0.25) is 0 Å². The largest absolute Gasteiger partial charge is 0.481 e. The standard InChI is InChI=1S/C19H30N4O5/c1-4-19(5-2,12-16(25)26)22-15(24)7-6-14-13(3)20-18(21-17(14)27)23-8-10-28-11-9-23/h4-12H2,1-3H3,(H,22,24)(H,25,26)(H,20,21,27). The van der Waals surface area contributed by atoms with Gasteiger partial charge < -0.3 is 20.1 Å². The van der Waals surface area contributed by atoms with E-state index in [0.717, 1.165) is 0 Å². The molecule has 0 spiro atoms. The van der Waals surface area contributed by atoms with E-state index in [-0.39, 0.29) is 30.7 Å². The fraction of sp³-hybridized carbons (Fsp3) is 0.684. The second-order valence-electron chi connectivity index (χ2n) is 7.16. The normalized spacial score (nSPS) is 14.8. The highest BCUT2D eigenvalue weighted by atomic mass is 16.5. The van der Waals surface area contributed by atoms with Gasteiger partial charge in [0.25, 0.3) is 5.56 Å². The molecular formula is C19H30N4O5. The molecule has 1 aliphatic rings. The van der Waals surface area contributed by atoms with Crippen molar-refractivity contribution in [2.24, 2.45) is 0 Å². The topological polar surface area (TPSA) is 125 Å². The van der Waals surface area contributed by atoms with Gasteiger partial charge in [0.1, 0.15) is 0 Å². The summed E-state index contributed by atoms with van der Waals surface area (Å²) in [6.45, 7) is 8.01. The van der Waals surface area contributed by atoms with Crippen molar-refractivity contribution in [3.63, 3.8) is 0 Å². The molecule has 1 amide bonds. The van der Waals surface area contributed by atoms with Gasteiger partial charge in [-0.05, 0) is 26.2 Å². The lowest BCUT2D eigenvalue weighted by Gasteiger charge is -2.31. The molecular weight excluding hydrogens is 364 g/mol. The molecule has 156 valence electrons. The average Bonchev–Trinajstić information content (AvgIpc) is 2.67. The number of morpholine rings is 1. The van der Waals surface area contributed by atoms with Gasteiger partial charge in [0.05, 0.1) is 19.6 Å². The van der Waals surface area contributed by atoms with E-state index >= 15 is 0 Å². The second kappa shape index (κ2) is 9.68. The molecule has 28 heavy (non-hydrogen) atoms. The Balaban J connectivity index is 2.04. The maximum atomic E-state index is 12.5. The first-order valence-electron chi connectivity index (χ1n) is 9.75. The molecule has 0 bridgehead atoms. The molecule has 1 fully saturated rings. The summed E-state index contributed by atoms with van der Waals surface area (Å²) in [5.74, 6) is -0.684. The molecule has 2 heterocycles. The average molecular weight is 394 g/mol. The number of H-pyrrole nitrogens is 1. The third kappa shape index (κ3) is 5.54. The molecule has 1 aromatic heterocycles. The summed E-state index contributed by atoms with van der Waals surface area (Å²) in [7, 11) is 0. The number of amides is 1. The predicted molar refractivity (Wildman–Crippen MR) is 105 cm³/mol. The Morgan fingerprint density at radius 1 is 1.29 bits per heavy atom. The first-order valence-corrected chi connectivity index (χ1v) is 9.75. The van der Waals surface area contributed by atoms with E-state index < -0.39 is 11.5 Å². The molecule has 1 saturated heterocycles. The number of aryl methyl sites for hydroxylation is 1. The molecule has 9 heteroatoms. The number of rotatable bonds is 9. The summed E-state index contributed by atoms with van der Waals surface area (Å²) in [4.78, 5) is 45.3. The summed E-state index contributed by atoms with van der Waals surface area (Å²) >= 11 is 0. The summed E-state index contributed by atoms with van der Waals surface area (Å²) in [6, 6.07) is 0. The highest BCUT2D eigenvalue weighted by Crippen LogP contribution is 2.20. The molecule has 0 saturated carbocycles. The van der Waals surface area contributed by atoms with Gasteiger partial charge in [0, 0.05) is 36.3 Å². The third-order valence-corrected chi connectivity index (χ3v) is 5.37. The Hall–Kier alpha value is -2.42. The maximum absolute atomic E-state index is 12.5. The fourth-order valence-electron chi connectivity index (χ4n) is 3.42. The van der Waals surface area contributed by atoms with E-state index in [9.17, 15) is 14.4 Å². The van der Waals surface area contributed by atoms with Crippen LogP contribution in [-0.2, 0) is 20.7 Å². The van der Waals surface area contributed by atoms with Gasteiger partial charge in [-0.3, -0.25) is 19.4 Å². The molecule has 0 aliphatic carbocycles. The van der Waals surface area contributed by atoms with E-state index in [4.69, 9.17) is 9.84 Å². The van der Waals surface area contributed by atoms with Crippen LogP contribution in [0.5, 0.6) is 0 Å². The molecule has 0 unspecified atom stereocenters. The van der Waals surface area contributed by atoms with Crippen LogP contribution in [-0.4, -0.2) is 58.8 Å². The van der Waals surface area contributed by atoms with Crippen LogP contribution in [0.3, 0.4) is 0 Å². The van der Waals surface area contributed by atoms with Gasteiger partial charge in [-0.15, -0.1) is 0 Å². The number of aromatic nitrogens is 2. The van der Waals surface area contributed by atoms with Crippen molar-refractivity contribution in [1.82, 2.24) is 15.3 Å². The minimum Gasteiger partial charge on any atom is -0.481 e. The van der Waals surface area contributed by atoms with E-state index in [1.165, 1.54) is 0 Å². The predicted octanol–water partition coefficient (Wildman–Crippen LogP) is 0.997. The lowest BCUT2D eigenvalue weighted by Crippen LogP contribution is -2.49. The van der Waals surface area contributed by atoms with E-state index in [0.29, 0.717) is 56.4 Å². The molecule has 1 aliphatic heterocycles. The Bertz CT molecular complexity index is 751. The number of nitrogens with one attached hydrogen (secondary N) is 2. The van der Waals surface area contributed by atoms with Gasteiger partial charge in [-0.25, -0.2) is 4.98 Å². The van der Waals surface area contributed by atoms with Crippen LogP contribution < -0.4 is 15.8 Å². The van der Waals surface area contributed by atoms with Crippen molar-refractivity contribution < 1.29 is 19.4 Å². The highest BCUT2D eigenvalue weighted by molar-refractivity contribution is 5.78. The monoisotopic (exact) mass is 394 g/mol. The van der Waals surface area contributed by atoms with Gasteiger partial charge in [-0.1, -0.05) is 13.8 Å². The zero-order chi connectivity index (χ0) is 20.7. The van der Waals surface area contributed by atoms with Crippen molar-refractivity contribution in [3.8, 4) is 0 Å². The van der Waals surface area contributed by atoms with Gasteiger partial charge in [0.2, 0.25) is 11.9 Å². The van der Waals surface area contributed by atoms with Crippen LogP contribution >= 0.6 is 0 Å². The quantitative estimate of drug-likeness (QED) is 0.570. The number of hydrogen-bond donors (Lipinski definition) is 3. The number of aromatic amines is 1. The number of aliphatic carboxylic acids is 1. The highest BCUT2D eigenvalue weighted by Gasteiger charge is 2.30.